The van der Waals surface area contributed by atoms with Crippen LogP contribution in [0.15, 0.2) is 12.2 Å². The lowest BCUT2D eigenvalue weighted by Gasteiger charge is -2.16. The molecule has 0 spiro atoms. The molecule has 3 heteroatoms. The van der Waals surface area contributed by atoms with Crippen LogP contribution in [0.25, 0.3) is 0 Å². The van der Waals surface area contributed by atoms with Crippen molar-refractivity contribution in [3.8, 4) is 0 Å². The van der Waals surface area contributed by atoms with Crippen molar-refractivity contribution in [2.45, 2.75) is 33.3 Å². The highest BCUT2D eigenvalue weighted by Crippen LogP contribution is 2.07. The molecule has 0 aromatic carbocycles. The summed E-state index contributed by atoms with van der Waals surface area (Å²) >= 11 is 0. The molecule has 3 nitrogen and oxygen atoms in total. The van der Waals surface area contributed by atoms with E-state index in [0.29, 0.717) is 13.2 Å². The van der Waals surface area contributed by atoms with Crippen molar-refractivity contribution < 1.29 is 14.5 Å². The summed E-state index contributed by atoms with van der Waals surface area (Å²) in [4.78, 5) is 9.78. The number of hydrogen-bond acceptors (Lipinski definition) is 3. The van der Waals surface area contributed by atoms with Crippen LogP contribution in [0.3, 0.4) is 0 Å². The van der Waals surface area contributed by atoms with Gasteiger partial charge in [-0.2, -0.15) is 0 Å². The summed E-state index contributed by atoms with van der Waals surface area (Å²) in [6.07, 6.45) is 0. The Labute approximate surface area is 80.6 Å². The summed E-state index contributed by atoms with van der Waals surface area (Å²) in [5.74, 6) is 0. The average Bonchev–Trinajstić information content (AvgIpc) is 1.93. The van der Waals surface area contributed by atoms with Crippen molar-refractivity contribution in [1.82, 2.24) is 0 Å². The first kappa shape index (κ1) is 12.6. The van der Waals surface area contributed by atoms with Gasteiger partial charge in [-0.25, -0.2) is 9.78 Å². The molecule has 0 aromatic rings. The van der Waals surface area contributed by atoms with Gasteiger partial charge in [0, 0.05) is 0 Å². The van der Waals surface area contributed by atoms with Gasteiger partial charge in [-0.3, -0.25) is 0 Å². The third-order valence-electron chi connectivity index (χ3n) is 0.901. The van der Waals surface area contributed by atoms with Crippen LogP contribution >= 0.6 is 0 Å². The second-order valence-corrected chi connectivity index (χ2v) is 3.93. The monoisotopic (exact) mass is 187 g/mol. The second kappa shape index (κ2) is 6.13. The highest BCUT2D eigenvalue weighted by Gasteiger charge is 2.10. The highest BCUT2D eigenvalue weighted by molar-refractivity contribution is 4.87. The molecule has 0 bridgehead atoms. The maximum atomic E-state index is 5.15. The molecule has 0 fully saturated rings. The van der Waals surface area contributed by atoms with Gasteiger partial charge in [0.05, 0.1) is 18.8 Å². The van der Waals surface area contributed by atoms with Gasteiger partial charge in [-0.15, -0.1) is 0 Å². The van der Waals surface area contributed by atoms with Gasteiger partial charge >= 0.3 is 0 Å². The zero-order chi connectivity index (χ0) is 10.3. The molecule has 0 amide bonds. The van der Waals surface area contributed by atoms with E-state index in [-0.39, 0.29) is 5.60 Å². The van der Waals surface area contributed by atoms with Crippen molar-refractivity contribution in [2.24, 2.45) is 0 Å². The Bertz CT molecular complexity index is 147. The Morgan fingerprint density at radius 2 is 2.00 bits per heavy atom. The summed E-state index contributed by atoms with van der Waals surface area (Å²) in [6, 6.07) is 0. The van der Waals surface area contributed by atoms with Crippen LogP contribution in [0.2, 0.25) is 0 Å². The molecule has 0 heterocycles. The first-order valence-corrected chi connectivity index (χ1v) is 4.30. The van der Waals surface area contributed by atoms with Crippen molar-refractivity contribution in [2.75, 3.05) is 13.2 Å². The largest absolute Gasteiger partial charge is 0.374 e. The zero-order valence-electron chi connectivity index (χ0n) is 8.92. The number of hydrogen-bond donors (Lipinski definition) is 0. The van der Waals surface area contributed by atoms with Gasteiger partial charge in [-0.05, 0) is 27.7 Å². The summed E-state index contributed by atoms with van der Waals surface area (Å²) in [5, 5.41) is 0. The van der Waals surface area contributed by atoms with Gasteiger partial charge in [0.25, 0.3) is 0 Å². The summed E-state index contributed by atoms with van der Waals surface area (Å²) in [5.41, 5.74) is 0.704. The maximum Gasteiger partial charge on any atom is 0.148 e. The molecule has 0 aromatic heterocycles. The van der Waals surface area contributed by atoms with E-state index in [0.717, 1.165) is 5.57 Å². The molecule has 77 valence electrons. The minimum atomic E-state index is -0.287. The van der Waals surface area contributed by atoms with Crippen LogP contribution in [-0.4, -0.2) is 18.8 Å². The molecule has 0 aliphatic heterocycles. The zero-order valence-corrected chi connectivity index (χ0v) is 8.92. The normalized spacial score (nSPS) is 11.7. The predicted molar refractivity (Wildman–Crippen MR) is 51.9 cm³/mol. The summed E-state index contributed by atoms with van der Waals surface area (Å²) < 4.78 is 5.15. The molecule has 1 radical (unpaired) electrons. The molecule has 0 unspecified atom stereocenters. The molecule has 13 heavy (non-hydrogen) atoms. The number of rotatable bonds is 6. The molecular formula is C10H19O3. The van der Waals surface area contributed by atoms with Crippen LogP contribution < -0.4 is 0 Å². The minimum absolute atomic E-state index is 0.287. The van der Waals surface area contributed by atoms with E-state index in [1.165, 1.54) is 6.61 Å². The van der Waals surface area contributed by atoms with E-state index < -0.39 is 0 Å². The van der Waals surface area contributed by atoms with Crippen molar-refractivity contribution >= 4 is 0 Å². The van der Waals surface area contributed by atoms with E-state index >= 15 is 0 Å². The van der Waals surface area contributed by atoms with Crippen LogP contribution in [0.5, 0.6) is 0 Å². The molecule has 0 atom stereocenters. The first-order valence-electron chi connectivity index (χ1n) is 4.30. The Morgan fingerprint density at radius 1 is 1.38 bits per heavy atom. The van der Waals surface area contributed by atoms with Crippen LogP contribution in [0.1, 0.15) is 27.7 Å². The van der Waals surface area contributed by atoms with Crippen molar-refractivity contribution in [3.63, 3.8) is 0 Å². The standard InChI is InChI=1S/C10H19O3/c1-9(2)8-11-6-7-12-13-10(3,4)5/h7H,1,6,8H2,2-5H3. The van der Waals surface area contributed by atoms with Gasteiger partial charge in [0.1, 0.15) is 6.61 Å². The van der Waals surface area contributed by atoms with E-state index in [1.54, 1.807) is 0 Å². The Balaban J connectivity index is 3.13. The minimum Gasteiger partial charge on any atom is -0.374 e. The fraction of sp³-hybridized carbons (Fsp3) is 0.700. The second-order valence-electron chi connectivity index (χ2n) is 3.93. The van der Waals surface area contributed by atoms with E-state index in [4.69, 9.17) is 14.5 Å². The molecule has 0 saturated carbocycles. The lowest BCUT2D eigenvalue weighted by molar-refractivity contribution is -0.329. The predicted octanol–water partition coefficient (Wildman–Crippen LogP) is 2.49. The number of ether oxygens (including phenoxy) is 1. The van der Waals surface area contributed by atoms with Gasteiger partial charge in [0.15, 0.2) is 0 Å². The molecular weight excluding hydrogens is 168 g/mol. The average molecular weight is 187 g/mol. The van der Waals surface area contributed by atoms with Gasteiger partial charge in [0.2, 0.25) is 0 Å². The summed E-state index contributed by atoms with van der Waals surface area (Å²) in [7, 11) is 0. The van der Waals surface area contributed by atoms with Crippen molar-refractivity contribution in [1.29, 1.82) is 0 Å². The first-order chi connectivity index (χ1) is 5.92. The lowest BCUT2D eigenvalue weighted by atomic mass is 10.2. The maximum absolute atomic E-state index is 5.15. The fourth-order valence-corrected chi connectivity index (χ4v) is 0.487. The molecule has 0 saturated heterocycles. The Hall–Kier alpha value is -0.380. The SMILES string of the molecule is C=C(C)COC[CH]OOC(C)(C)C. The van der Waals surface area contributed by atoms with E-state index in [1.807, 2.05) is 27.7 Å². The fourth-order valence-electron chi connectivity index (χ4n) is 0.487. The van der Waals surface area contributed by atoms with Crippen molar-refractivity contribution in [3.05, 3.63) is 18.8 Å². The Morgan fingerprint density at radius 3 is 2.46 bits per heavy atom. The van der Waals surface area contributed by atoms with Gasteiger partial charge in [-0.1, -0.05) is 12.2 Å². The quantitative estimate of drug-likeness (QED) is 0.277. The third kappa shape index (κ3) is 11.6. The van der Waals surface area contributed by atoms with E-state index in [9.17, 15) is 0 Å². The highest BCUT2D eigenvalue weighted by atomic mass is 17.2. The lowest BCUT2D eigenvalue weighted by Crippen LogP contribution is -2.19. The molecule has 0 rings (SSSR count). The molecule has 0 aliphatic rings. The smallest absolute Gasteiger partial charge is 0.148 e. The third-order valence-corrected chi connectivity index (χ3v) is 0.901. The van der Waals surface area contributed by atoms with Gasteiger partial charge < -0.3 is 4.74 Å². The van der Waals surface area contributed by atoms with E-state index in [2.05, 4.69) is 6.58 Å². The van der Waals surface area contributed by atoms with Crippen LogP contribution in [0, 0.1) is 6.61 Å². The summed E-state index contributed by atoms with van der Waals surface area (Å²) in [6.45, 7) is 13.8. The Kier molecular flexibility index (Phi) is 5.95. The topological polar surface area (TPSA) is 27.7 Å². The molecule has 0 aliphatic carbocycles. The van der Waals surface area contributed by atoms with Crippen LogP contribution in [0.4, 0.5) is 0 Å². The molecule has 0 N–H and O–H groups in total. The van der Waals surface area contributed by atoms with Crippen LogP contribution in [-0.2, 0) is 14.5 Å².